The standard InChI is InChI=1S/C11H17NO2/c1-3-10(9-13-7-1)12-6-5-11-4-2-8-14-11/h2,4,8,10,12H,1,3,5-7,9H2. The van der Waals surface area contributed by atoms with Crippen molar-refractivity contribution in [3.05, 3.63) is 24.2 Å². The van der Waals surface area contributed by atoms with Crippen molar-refractivity contribution in [2.75, 3.05) is 19.8 Å². The maximum atomic E-state index is 5.38. The van der Waals surface area contributed by atoms with E-state index in [9.17, 15) is 0 Å². The lowest BCUT2D eigenvalue weighted by Crippen LogP contribution is -2.37. The third-order valence-electron chi connectivity index (χ3n) is 2.54. The van der Waals surface area contributed by atoms with E-state index in [-0.39, 0.29) is 0 Å². The number of ether oxygens (including phenoxy) is 1. The van der Waals surface area contributed by atoms with Gasteiger partial charge in [0.1, 0.15) is 5.76 Å². The molecule has 3 heteroatoms. The van der Waals surface area contributed by atoms with Crippen LogP contribution >= 0.6 is 0 Å². The van der Waals surface area contributed by atoms with Gasteiger partial charge in [0.25, 0.3) is 0 Å². The molecule has 78 valence electrons. The fourth-order valence-corrected chi connectivity index (χ4v) is 1.76. The van der Waals surface area contributed by atoms with Crippen LogP contribution in [0, 0.1) is 0 Å². The van der Waals surface area contributed by atoms with E-state index < -0.39 is 0 Å². The summed E-state index contributed by atoms with van der Waals surface area (Å²) in [6.07, 6.45) is 5.10. The second-order valence-electron chi connectivity index (χ2n) is 3.70. The summed E-state index contributed by atoms with van der Waals surface area (Å²) in [7, 11) is 0. The van der Waals surface area contributed by atoms with Gasteiger partial charge in [0.15, 0.2) is 0 Å². The SMILES string of the molecule is c1coc(CCNC2CCCOC2)c1. The monoisotopic (exact) mass is 195 g/mol. The fraction of sp³-hybridized carbons (Fsp3) is 0.636. The molecule has 2 rings (SSSR count). The summed E-state index contributed by atoms with van der Waals surface area (Å²) < 4.78 is 10.6. The van der Waals surface area contributed by atoms with Crippen molar-refractivity contribution in [2.24, 2.45) is 0 Å². The van der Waals surface area contributed by atoms with Crippen molar-refractivity contribution < 1.29 is 9.15 Å². The van der Waals surface area contributed by atoms with E-state index in [0.717, 1.165) is 31.9 Å². The van der Waals surface area contributed by atoms with Crippen molar-refractivity contribution in [3.8, 4) is 0 Å². The highest BCUT2D eigenvalue weighted by Gasteiger charge is 2.12. The Labute approximate surface area is 84.4 Å². The van der Waals surface area contributed by atoms with E-state index in [2.05, 4.69) is 5.32 Å². The second kappa shape index (κ2) is 5.17. The molecule has 0 radical (unpaired) electrons. The Balaban J connectivity index is 1.62. The zero-order valence-electron chi connectivity index (χ0n) is 8.37. The summed E-state index contributed by atoms with van der Waals surface area (Å²) in [6.45, 7) is 2.76. The molecule has 3 nitrogen and oxygen atoms in total. The van der Waals surface area contributed by atoms with Gasteiger partial charge in [-0.1, -0.05) is 0 Å². The van der Waals surface area contributed by atoms with Crippen LogP contribution in [-0.2, 0) is 11.2 Å². The summed E-state index contributed by atoms with van der Waals surface area (Å²) >= 11 is 0. The number of furan rings is 1. The lowest BCUT2D eigenvalue weighted by Gasteiger charge is -2.22. The van der Waals surface area contributed by atoms with Crippen LogP contribution in [0.2, 0.25) is 0 Å². The Kier molecular flexibility index (Phi) is 3.60. The molecule has 1 atom stereocenters. The molecule has 1 aliphatic rings. The molecule has 0 aliphatic carbocycles. The highest BCUT2D eigenvalue weighted by Crippen LogP contribution is 2.06. The normalized spacial score (nSPS) is 22.4. The average Bonchev–Trinajstić information content (AvgIpc) is 2.72. The summed E-state index contributed by atoms with van der Waals surface area (Å²) in [6, 6.07) is 4.48. The van der Waals surface area contributed by atoms with E-state index >= 15 is 0 Å². The molecule has 1 unspecified atom stereocenters. The molecule has 0 saturated carbocycles. The lowest BCUT2D eigenvalue weighted by atomic mass is 10.1. The van der Waals surface area contributed by atoms with Crippen LogP contribution in [0.1, 0.15) is 18.6 Å². The van der Waals surface area contributed by atoms with E-state index in [1.54, 1.807) is 6.26 Å². The quantitative estimate of drug-likeness (QED) is 0.792. The second-order valence-corrected chi connectivity index (χ2v) is 3.70. The number of rotatable bonds is 4. The van der Waals surface area contributed by atoms with Crippen molar-refractivity contribution in [2.45, 2.75) is 25.3 Å². The number of hydrogen-bond acceptors (Lipinski definition) is 3. The fourth-order valence-electron chi connectivity index (χ4n) is 1.76. The van der Waals surface area contributed by atoms with Crippen LogP contribution in [0.4, 0.5) is 0 Å². The predicted molar refractivity (Wildman–Crippen MR) is 54.3 cm³/mol. The van der Waals surface area contributed by atoms with Crippen molar-refractivity contribution >= 4 is 0 Å². The minimum absolute atomic E-state index is 0.540. The zero-order valence-corrected chi connectivity index (χ0v) is 8.37. The summed E-state index contributed by atoms with van der Waals surface area (Å²) in [5.41, 5.74) is 0. The lowest BCUT2D eigenvalue weighted by molar-refractivity contribution is 0.0706. The van der Waals surface area contributed by atoms with Gasteiger partial charge >= 0.3 is 0 Å². The topological polar surface area (TPSA) is 34.4 Å². The molecule has 0 amide bonds. The first kappa shape index (κ1) is 9.74. The molecule has 1 aromatic heterocycles. The van der Waals surface area contributed by atoms with Crippen LogP contribution in [0.15, 0.2) is 22.8 Å². The maximum Gasteiger partial charge on any atom is 0.105 e. The minimum Gasteiger partial charge on any atom is -0.469 e. The van der Waals surface area contributed by atoms with E-state index in [0.29, 0.717) is 6.04 Å². The van der Waals surface area contributed by atoms with Gasteiger partial charge in [-0.05, 0) is 25.0 Å². The van der Waals surface area contributed by atoms with E-state index in [1.807, 2.05) is 12.1 Å². The van der Waals surface area contributed by atoms with Crippen molar-refractivity contribution in [3.63, 3.8) is 0 Å². The Bertz CT molecular complexity index is 240. The highest BCUT2D eigenvalue weighted by molar-refractivity contribution is 4.98. The smallest absolute Gasteiger partial charge is 0.105 e. The van der Waals surface area contributed by atoms with Gasteiger partial charge in [-0.25, -0.2) is 0 Å². The molecule has 1 aromatic rings. The van der Waals surface area contributed by atoms with Crippen LogP contribution in [-0.4, -0.2) is 25.8 Å². The molecule has 2 heterocycles. The first-order valence-corrected chi connectivity index (χ1v) is 5.28. The molecule has 1 N–H and O–H groups in total. The molecule has 1 saturated heterocycles. The maximum absolute atomic E-state index is 5.38. The molecule has 1 aliphatic heterocycles. The van der Waals surface area contributed by atoms with Crippen molar-refractivity contribution in [1.82, 2.24) is 5.32 Å². The van der Waals surface area contributed by atoms with Crippen LogP contribution in [0.25, 0.3) is 0 Å². The summed E-state index contributed by atoms with van der Waals surface area (Å²) in [5, 5.41) is 3.47. The van der Waals surface area contributed by atoms with Crippen LogP contribution in [0.5, 0.6) is 0 Å². The summed E-state index contributed by atoms with van der Waals surface area (Å²) in [4.78, 5) is 0. The Morgan fingerprint density at radius 2 is 2.50 bits per heavy atom. The van der Waals surface area contributed by atoms with Gasteiger partial charge in [0, 0.05) is 25.6 Å². The first-order valence-electron chi connectivity index (χ1n) is 5.28. The molecule has 1 fully saturated rings. The largest absolute Gasteiger partial charge is 0.469 e. The number of hydrogen-bond donors (Lipinski definition) is 1. The number of nitrogens with one attached hydrogen (secondary N) is 1. The molecule has 14 heavy (non-hydrogen) atoms. The summed E-state index contributed by atoms with van der Waals surface area (Å²) in [5.74, 6) is 1.05. The Hall–Kier alpha value is -0.800. The molecule has 0 spiro atoms. The Morgan fingerprint density at radius 3 is 3.21 bits per heavy atom. The van der Waals surface area contributed by atoms with Gasteiger partial charge < -0.3 is 14.5 Å². The van der Waals surface area contributed by atoms with Crippen LogP contribution in [0.3, 0.4) is 0 Å². The third kappa shape index (κ3) is 2.86. The van der Waals surface area contributed by atoms with E-state index in [1.165, 1.54) is 12.8 Å². The minimum atomic E-state index is 0.540. The molecule has 0 aromatic carbocycles. The zero-order chi connectivity index (χ0) is 9.64. The van der Waals surface area contributed by atoms with Gasteiger partial charge in [0.2, 0.25) is 0 Å². The Morgan fingerprint density at radius 1 is 1.50 bits per heavy atom. The van der Waals surface area contributed by atoms with Crippen LogP contribution < -0.4 is 5.32 Å². The van der Waals surface area contributed by atoms with Gasteiger partial charge in [-0.2, -0.15) is 0 Å². The molecular weight excluding hydrogens is 178 g/mol. The molecular formula is C11H17NO2. The average molecular weight is 195 g/mol. The first-order chi connectivity index (χ1) is 6.95. The van der Waals surface area contributed by atoms with Crippen molar-refractivity contribution in [1.29, 1.82) is 0 Å². The predicted octanol–water partition coefficient (Wildman–Crippen LogP) is 1.59. The van der Waals surface area contributed by atoms with E-state index in [4.69, 9.17) is 9.15 Å². The highest BCUT2D eigenvalue weighted by atomic mass is 16.5. The van der Waals surface area contributed by atoms with Gasteiger partial charge in [-0.3, -0.25) is 0 Å². The van der Waals surface area contributed by atoms with Gasteiger partial charge in [-0.15, -0.1) is 0 Å². The van der Waals surface area contributed by atoms with Gasteiger partial charge in [0.05, 0.1) is 12.9 Å². The third-order valence-corrected chi connectivity index (χ3v) is 2.54. The molecule has 0 bridgehead atoms.